The first kappa shape index (κ1) is 16.8. The summed E-state index contributed by atoms with van der Waals surface area (Å²) in [6.45, 7) is 4.24. The number of rotatable bonds is 3. The lowest BCUT2D eigenvalue weighted by Crippen LogP contribution is -2.30. The molecule has 0 aliphatic carbocycles. The van der Waals surface area contributed by atoms with Gasteiger partial charge in [0.25, 0.3) is 0 Å². The predicted octanol–water partition coefficient (Wildman–Crippen LogP) is 4.24. The van der Waals surface area contributed by atoms with Gasteiger partial charge in [0.15, 0.2) is 0 Å². The Bertz CT molecular complexity index is 482. The topological polar surface area (TPSA) is 29.5 Å². The van der Waals surface area contributed by atoms with Gasteiger partial charge in [-0.1, -0.05) is 26.0 Å². The highest BCUT2D eigenvalue weighted by molar-refractivity contribution is 8.07. The monoisotopic (exact) mass is 338 g/mol. The van der Waals surface area contributed by atoms with Gasteiger partial charge in [-0.15, -0.1) is 13.2 Å². The van der Waals surface area contributed by atoms with Crippen molar-refractivity contribution in [2.75, 3.05) is 5.75 Å². The number of ether oxygens (including phenoxy) is 1. The molecule has 118 valence electrons. The minimum atomic E-state index is -4.72. The van der Waals surface area contributed by atoms with Crippen molar-refractivity contribution in [3.05, 3.63) is 29.8 Å². The molecule has 7 heteroatoms. The molecule has 0 radical (unpaired) electrons. The molecule has 2 nitrogen and oxygen atoms in total. The van der Waals surface area contributed by atoms with Crippen molar-refractivity contribution in [3.8, 4) is 5.75 Å². The Labute approximate surface area is 130 Å². The molecule has 1 aromatic rings. The van der Waals surface area contributed by atoms with Crippen LogP contribution in [0.25, 0.3) is 0 Å². The van der Waals surface area contributed by atoms with Crippen LogP contribution in [0.5, 0.6) is 5.75 Å². The Morgan fingerprint density at radius 3 is 2.62 bits per heavy atom. The fourth-order valence-corrected chi connectivity index (χ4v) is 5.09. The summed E-state index contributed by atoms with van der Waals surface area (Å²) in [6, 6.07) is 5.58. The lowest BCUT2D eigenvalue weighted by molar-refractivity contribution is -0.274. The molecular weight excluding hydrogens is 321 g/mol. The highest BCUT2D eigenvalue weighted by atomic mass is 32.2. The van der Waals surface area contributed by atoms with Gasteiger partial charge in [-0.2, -0.15) is 23.5 Å². The number of thioether (sulfide) groups is 2. The van der Waals surface area contributed by atoms with E-state index in [9.17, 15) is 18.3 Å². The lowest BCUT2D eigenvalue weighted by atomic mass is 10.1. The molecule has 4 unspecified atom stereocenters. The fraction of sp³-hybridized carbons (Fsp3) is 0.571. The fourth-order valence-electron chi connectivity index (χ4n) is 2.08. The average Bonchev–Trinajstić information content (AvgIpc) is 2.39. The number of aliphatic hydroxyl groups is 1. The van der Waals surface area contributed by atoms with Gasteiger partial charge in [-0.05, 0) is 17.7 Å². The molecule has 1 heterocycles. The predicted molar refractivity (Wildman–Crippen MR) is 80.8 cm³/mol. The van der Waals surface area contributed by atoms with Crippen molar-refractivity contribution < 1.29 is 23.0 Å². The van der Waals surface area contributed by atoms with E-state index < -0.39 is 12.5 Å². The third-order valence-electron chi connectivity index (χ3n) is 3.36. The standard InChI is InChI=1S/C14H17F3O2S2/c1-8-9(2)21-12(7-20-8)13(18)10-4-3-5-11(6-10)19-14(15,16)17/h3-6,8-9,12-13,18H,7H2,1-2H3. The Morgan fingerprint density at radius 1 is 1.29 bits per heavy atom. The van der Waals surface area contributed by atoms with Crippen molar-refractivity contribution in [2.24, 2.45) is 0 Å². The second-order valence-electron chi connectivity index (χ2n) is 4.98. The Morgan fingerprint density at radius 2 is 2.00 bits per heavy atom. The van der Waals surface area contributed by atoms with E-state index in [2.05, 4.69) is 18.6 Å². The summed E-state index contributed by atoms with van der Waals surface area (Å²) in [6.07, 6.45) is -5.52. The van der Waals surface area contributed by atoms with Gasteiger partial charge in [0.05, 0.1) is 6.10 Å². The SMILES string of the molecule is CC1SCC(C(O)c2cccc(OC(F)(F)F)c2)SC1C. The average molecular weight is 338 g/mol. The van der Waals surface area contributed by atoms with E-state index in [1.165, 1.54) is 18.2 Å². The van der Waals surface area contributed by atoms with Crippen LogP contribution in [0.2, 0.25) is 0 Å². The van der Waals surface area contributed by atoms with E-state index >= 15 is 0 Å². The molecule has 0 spiro atoms. The smallest absolute Gasteiger partial charge is 0.406 e. The first-order valence-electron chi connectivity index (χ1n) is 6.57. The molecule has 1 aliphatic rings. The van der Waals surface area contributed by atoms with Gasteiger partial charge in [0.2, 0.25) is 0 Å². The minimum Gasteiger partial charge on any atom is -0.406 e. The first-order valence-corrected chi connectivity index (χ1v) is 8.56. The molecule has 1 aromatic carbocycles. The number of benzene rings is 1. The van der Waals surface area contributed by atoms with Gasteiger partial charge >= 0.3 is 6.36 Å². The Hall–Kier alpha value is -0.530. The van der Waals surface area contributed by atoms with Gasteiger partial charge in [-0.3, -0.25) is 0 Å². The number of hydrogen-bond acceptors (Lipinski definition) is 4. The Kier molecular flexibility index (Phi) is 5.38. The second kappa shape index (κ2) is 6.71. The summed E-state index contributed by atoms with van der Waals surface area (Å²) < 4.78 is 40.6. The van der Waals surface area contributed by atoms with Crippen LogP contribution in [-0.2, 0) is 0 Å². The van der Waals surface area contributed by atoms with Crippen molar-refractivity contribution in [1.82, 2.24) is 0 Å². The van der Waals surface area contributed by atoms with Crippen LogP contribution < -0.4 is 4.74 Å². The molecule has 1 saturated heterocycles. The van der Waals surface area contributed by atoms with Crippen LogP contribution in [0, 0.1) is 0 Å². The minimum absolute atomic E-state index is 0.0256. The van der Waals surface area contributed by atoms with Crippen molar-refractivity contribution in [1.29, 1.82) is 0 Å². The largest absolute Gasteiger partial charge is 0.573 e. The maximum absolute atomic E-state index is 12.2. The number of halogens is 3. The quantitative estimate of drug-likeness (QED) is 0.892. The van der Waals surface area contributed by atoms with Crippen LogP contribution in [0.15, 0.2) is 24.3 Å². The van der Waals surface area contributed by atoms with Crippen LogP contribution in [0.1, 0.15) is 25.5 Å². The summed E-state index contributed by atoms with van der Waals surface area (Å²) in [4.78, 5) is 0. The summed E-state index contributed by atoms with van der Waals surface area (Å²) >= 11 is 3.46. The highest BCUT2D eigenvalue weighted by Gasteiger charge is 2.33. The second-order valence-corrected chi connectivity index (χ2v) is 8.01. The van der Waals surface area contributed by atoms with E-state index in [0.717, 1.165) is 5.75 Å². The molecule has 0 amide bonds. The number of hydrogen-bond donors (Lipinski definition) is 1. The van der Waals surface area contributed by atoms with Gasteiger partial charge in [-0.25, -0.2) is 0 Å². The summed E-state index contributed by atoms with van der Waals surface area (Å²) in [5.41, 5.74) is 0.455. The summed E-state index contributed by atoms with van der Waals surface area (Å²) in [5, 5.41) is 11.3. The first-order chi connectivity index (χ1) is 9.76. The molecule has 4 atom stereocenters. The Balaban J connectivity index is 2.09. The zero-order chi connectivity index (χ0) is 15.6. The third kappa shape index (κ3) is 4.72. The molecule has 0 saturated carbocycles. The van der Waals surface area contributed by atoms with Gasteiger partial charge in [0.1, 0.15) is 5.75 Å². The molecule has 21 heavy (non-hydrogen) atoms. The van der Waals surface area contributed by atoms with Crippen molar-refractivity contribution >= 4 is 23.5 Å². The van der Waals surface area contributed by atoms with Crippen LogP contribution in [-0.4, -0.2) is 33.0 Å². The van der Waals surface area contributed by atoms with Gasteiger partial charge in [0, 0.05) is 21.5 Å². The summed E-state index contributed by atoms with van der Waals surface area (Å²) in [5.74, 6) is 0.482. The van der Waals surface area contributed by atoms with Crippen LogP contribution >= 0.6 is 23.5 Å². The molecule has 2 rings (SSSR count). The zero-order valence-electron chi connectivity index (χ0n) is 11.6. The zero-order valence-corrected chi connectivity index (χ0v) is 13.3. The maximum Gasteiger partial charge on any atom is 0.573 e. The molecule has 0 bridgehead atoms. The molecule has 0 aromatic heterocycles. The number of alkyl halides is 3. The van der Waals surface area contributed by atoms with E-state index in [-0.39, 0.29) is 11.0 Å². The van der Waals surface area contributed by atoms with Crippen molar-refractivity contribution in [2.45, 2.75) is 42.1 Å². The van der Waals surface area contributed by atoms with Crippen molar-refractivity contribution in [3.63, 3.8) is 0 Å². The molecular formula is C14H17F3O2S2. The van der Waals surface area contributed by atoms with E-state index in [1.807, 2.05) is 0 Å². The van der Waals surface area contributed by atoms with E-state index in [1.54, 1.807) is 29.6 Å². The molecule has 1 aliphatic heterocycles. The van der Waals surface area contributed by atoms with Crippen LogP contribution in [0.3, 0.4) is 0 Å². The summed E-state index contributed by atoms with van der Waals surface area (Å²) in [7, 11) is 0. The molecule has 1 N–H and O–H groups in total. The third-order valence-corrected chi connectivity index (χ3v) is 6.84. The normalized spacial score (nSPS) is 28.2. The van der Waals surface area contributed by atoms with E-state index in [4.69, 9.17) is 0 Å². The molecule has 1 fully saturated rings. The lowest BCUT2D eigenvalue weighted by Gasteiger charge is -2.34. The highest BCUT2D eigenvalue weighted by Crippen LogP contribution is 2.41. The maximum atomic E-state index is 12.2. The number of aliphatic hydroxyl groups excluding tert-OH is 1. The van der Waals surface area contributed by atoms with E-state index in [0.29, 0.717) is 16.1 Å². The van der Waals surface area contributed by atoms with Crippen LogP contribution in [0.4, 0.5) is 13.2 Å². The van der Waals surface area contributed by atoms with Gasteiger partial charge < -0.3 is 9.84 Å².